The summed E-state index contributed by atoms with van der Waals surface area (Å²) in [7, 11) is 2.23. The monoisotopic (exact) mass is 338 g/mol. The van der Waals surface area contributed by atoms with E-state index in [0.717, 1.165) is 18.4 Å². The molecule has 0 aromatic heterocycles. The van der Waals surface area contributed by atoms with Gasteiger partial charge in [0.15, 0.2) is 0 Å². The summed E-state index contributed by atoms with van der Waals surface area (Å²) < 4.78 is 1.17. The van der Waals surface area contributed by atoms with Crippen LogP contribution < -0.4 is 5.32 Å². The molecule has 2 nitrogen and oxygen atoms in total. The van der Waals surface area contributed by atoms with E-state index in [4.69, 9.17) is 0 Å². The smallest absolute Gasteiger partial charge is 0.0231 e. The normalized spacial score (nSPS) is 21.1. The summed E-state index contributed by atoms with van der Waals surface area (Å²) in [6, 6.07) is 8.62. The minimum absolute atomic E-state index is 0.827. The molecule has 0 amide bonds. The maximum Gasteiger partial charge on any atom is 0.0231 e. The van der Waals surface area contributed by atoms with Gasteiger partial charge in [-0.2, -0.15) is 0 Å². The average molecular weight is 339 g/mol. The summed E-state index contributed by atoms with van der Waals surface area (Å²) >= 11 is 3.54. The Morgan fingerprint density at radius 3 is 3.00 bits per heavy atom. The van der Waals surface area contributed by atoms with Gasteiger partial charge in [0.2, 0.25) is 0 Å². The van der Waals surface area contributed by atoms with E-state index in [1.54, 1.807) is 0 Å². The number of piperidine rings is 1. The molecular weight excluding hydrogens is 312 g/mol. The number of nitrogens with one attached hydrogen (secondary N) is 1. The molecule has 112 valence electrons. The van der Waals surface area contributed by atoms with Crippen LogP contribution in [-0.4, -0.2) is 31.6 Å². The second kappa shape index (κ2) is 8.16. The molecule has 2 unspecified atom stereocenters. The van der Waals surface area contributed by atoms with Crippen molar-refractivity contribution in [1.29, 1.82) is 0 Å². The van der Waals surface area contributed by atoms with Crippen molar-refractivity contribution in [2.45, 2.75) is 32.7 Å². The van der Waals surface area contributed by atoms with Crippen molar-refractivity contribution in [3.63, 3.8) is 0 Å². The number of hydrogen-bond acceptors (Lipinski definition) is 2. The third kappa shape index (κ3) is 5.19. The predicted molar refractivity (Wildman–Crippen MR) is 89.9 cm³/mol. The van der Waals surface area contributed by atoms with Crippen molar-refractivity contribution in [3.8, 4) is 0 Å². The van der Waals surface area contributed by atoms with Crippen LogP contribution in [0, 0.1) is 11.8 Å². The molecule has 1 heterocycles. The molecule has 1 aromatic carbocycles. The van der Waals surface area contributed by atoms with E-state index in [9.17, 15) is 0 Å². The van der Waals surface area contributed by atoms with Crippen LogP contribution in [0.5, 0.6) is 0 Å². The Bertz CT molecular complexity index is 402. The second-order valence-electron chi connectivity index (χ2n) is 6.24. The van der Waals surface area contributed by atoms with Crippen LogP contribution in [0.1, 0.15) is 31.7 Å². The van der Waals surface area contributed by atoms with E-state index in [0.29, 0.717) is 0 Å². The average Bonchev–Trinajstić information content (AvgIpc) is 2.46. The lowest BCUT2D eigenvalue weighted by Crippen LogP contribution is -2.34. The number of hydrogen-bond donors (Lipinski definition) is 1. The number of nitrogens with zero attached hydrogens (tertiary/aromatic N) is 1. The molecule has 0 spiro atoms. The van der Waals surface area contributed by atoms with Gasteiger partial charge in [-0.3, -0.25) is 0 Å². The molecule has 3 heteroatoms. The first kappa shape index (κ1) is 16.0. The molecule has 2 rings (SSSR count). The molecular formula is C17H27BrN2. The van der Waals surface area contributed by atoms with Gasteiger partial charge in [0.1, 0.15) is 0 Å². The first-order chi connectivity index (χ1) is 9.65. The van der Waals surface area contributed by atoms with Crippen LogP contribution in [-0.2, 0) is 6.54 Å². The molecule has 1 aliphatic heterocycles. The van der Waals surface area contributed by atoms with Crippen LogP contribution in [0.4, 0.5) is 0 Å². The number of halogens is 1. The van der Waals surface area contributed by atoms with Crippen LogP contribution >= 0.6 is 15.9 Å². The van der Waals surface area contributed by atoms with Crippen LogP contribution in [0.2, 0.25) is 0 Å². The molecule has 1 fully saturated rings. The molecule has 1 aliphatic rings. The van der Waals surface area contributed by atoms with Crippen molar-refractivity contribution in [3.05, 3.63) is 34.3 Å². The number of benzene rings is 1. The lowest BCUT2D eigenvalue weighted by molar-refractivity contribution is 0.229. The van der Waals surface area contributed by atoms with E-state index in [1.807, 2.05) is 0 Å². The lowest BCUT2D eigenvalue weighted by atomic mass is 9.85. The summed E-state index contributed by atoms with van der Waals surface area (Å²) in [6.45, 7) is 7.08. The van der Waals surface area contributed by atoms with E-state index < -0.39 is 0 Å². The Morgan fingerprint density at radius 1 is 1.45 bits per heavy atom. The fourth-order valence-corrected chi connectivity index (χ4v) is 3.50. The van der Waals surface area contributed by atoms with Gasteiger partial charge in [0, 0.05) is 11.0 Å². The topological polar surface area (TPSA) is 15.3 Å². The Hall–Kier alpha value is -0.380. The summed E-state index contributed by atoms with van der Waals surface area (Å²) in [5.41, 5.74) is 1.38. The Kier molecular flexibility index (Phi) is 6.53. The predicted octanol–water partition coefficient (Wildman–Crippen LogP) is 3.91. The van der Waals surface area contributed by atoms with Gasteiger partial charge in [-0.1, -0.05) is 35.0 Å². The first-order valence-electron chi connectivity index (χ1n) is 7.79. The van der Waals surface area contributed by atoms with Gasteiger partial charge in [0.05, 0.1) is 0 Å². The van der Waals surface area contributed by atoms with E-state index >= 15 is 0 Å². The minimum Gasteiger partial charge on any atom is -0.316 e. The van der Waals surface area contributed by atoms with Gasteiger partial charge in [0.25, 0.3) is 0 Å². The quantitative estimate of drug-likeness (QED) is 0.845. The maximum absolute atomic E-state index is 3.54. The summed E-state index contributed by atoms with van der Waals surface area (Å²) in [6.07, 6.45) is 4.06. The fourth-order valence-electron chi connectivity index (χ4n) is 3.05. The highest BCUT2D eigenvalue weighted by molar-refractivity contribution is 9.10. The van der Waals surface area contributed by atoms with Crippen molar-refractivity contribution < 1.29 is 0 Å². The van der Waals surface area contributed by atoms with E-state index in [1.165, 1.54) is 48.9 Å². The van der Waals surface area contributed by atoms with Crippen molar-refractivity contribution in [2.75, 3.05) is 26.7 Å². The summed E-state index contributed by atoms with van der Waals surface area (Å²) in [5.74, 6) is 1.70. The summed E-state index contributed by atoms with van der Waals surface area (Å²) in [5, 5.41) is 3.53. The van der Waals surface area contributed by atoms with Crippen LogP contribution in [0.3, 0.4) is 0 Å². The molecule has 1 aromatic rings. The maximum atomic E-state index is 3.54. The molecule has 0 radical (unpaired) electrons. The third-order valence-corrected chi connectivity index (χ3v) is 4.94. The van der Waals surface area contributed by atoms with Gasteiger partial charge >= 0.3 is 0 Å². The summed E-state index contributed by atoms with van der Waals surface area (Å²) in [4.78, 5) is 2.44. The standard InChI is InChI=1S/C17H27BrN2/c1-14(16-6-4-9-19-12-16)8-10-20(2)13-15-5-3-7-17(18)11-15/h3,5,7,11,14,16,19H,4,6,8-10,12-13H2,1-2H3. The largest absolute Gasteiger partial charge is 0.316 e. The van der Waals surface area contributed by atoms with Crippen molar-refractivity contribution in [1.82, 2.24) is 10.2 Å². The Labute approximate surface area is 132 Å². The van der Waals surface area contributed by atoms with E-state index in [-0.39, 0.29) is 0 Å². The Morgan fingerprint density at radius 2 is 2.30 bits per heavy atom. The molecule has 2 atom stereocenters. The van der Waals surface area contributed by atoms with E-state index in [2.05, 4.69) is 64.4 Å². The molecule has 0 bridgehead atoms. The highest BCUT2D eigenvalue weighted by atomic mass is 79.9. The van der Waals surface area contributed by atoms with Gasteiger partial charge in [-0.25, -0.2) is 0 Å². The highest BCUT2D eigenvalue weighted by Crippen LogP contribution is 2.23. The van der Waals surface area contributed by atoms with Crippen LogP contribution in [0.15, 0.2) is 28.7 Å². The lowest BCUT2D eigenvalue weighted by Gasteiger charge is -2.29. The molecule has 20 heavy (non-hydrogen) atoms. The third-order valence-electron chi connectivity index (χ3n) is 4.45. The zero-order valence-electron chi connectivity index (χ0n) is 12.7. The second-order valence-corrected chi connectivity index (χ2v) is 7.16. The molecule has 0 aliphatic carbocycles. The SMILES string of the molecule is CC(CCN(C)Cc1cccc(Br)c1)C1CCCNC1. The van der Waals surface area contributed by atoms with Crippen LogP contribution in [0.25, 0.3) is 0 Å². The zero-order chi connectivity index (χ0) is 14.4. The highest BCUT2D eigenvalue weighted by Gasteiger charge is 2.19. The number of rotatable bonds is 6. The van der Waals surface area contributed by atoms with Gasteiger partial charge in [-0.05, 0) is 75.5 Å². The van der Waals surface area contributed by atoms with Gasteiger partial charge in [-0.15, -0.1) is 0 Å². The zero-order valence-corrected chi connectivity index (χ0v) is 14.3. The fraction of sp³-hybridized carbons (Fsp3) is 0.647. The van der Waals surface area contributed by atoms with Crippen molar-refractivity contribution in [2.24, 2.45) is 11.8 Å². The minimum atomic E-state index is 0.827. The van der Waals surface area contributed by atoms with Gasteiger partial charge < -0.3 is 10.2 Å². The molecule has 0 saturated carbocycles. The molecule has 1 saturated heterocycles. The Balaban J connectivity index is 1.72. The molecule has 1 N–H and O–H groups in total. The van der Waals surface area contributed by atoms with Crippen molar-refractivity contribution >= 4 is 15.9 Å². The first-order valence-corrected chi connectivity index (χ1v) is 8.58.